The van der Waals surface area contributed by atoms with Gasteiger partial charge in [0.15, 0.2) is 5.65 Å². The van der Waals surface area contributed by atoms with Crippen LogP contribution in [0, 0.1) is 0 Å². The van der Waals surface area contributed by atoms with Gasteiger partial charge in [-0.1, -0.05) is 6.92 Å². The fraction of sp³-hybridized carbons (Fsp3) is 0.500. The van der Waals surface area contributed by atoms with Gasteiger partial charge in [-0.15, -0.1) is 10.2 Å². The lowest BCUT2D eigenvalue weighted by atomic mass is 10.1. The number of nitrogens with zero attached hydrogens (tertiary/aromatic N) is 4. The van der Waals surface area contributed by atoms with E-state index in [1.807, 2.05) is 18.3 Å². The number of nitrogens with two attached hydrogens (primary N) is 1. The van der Waals surface area contributed by atoms with Crippen LogP contribution in [0.2, 0.25) is 0 Å². The zero-order valence-electron chi connectivity index (χ0n) is 10.0. The standard InChI is InChI=1S/C12H17N5/c1-2-16-5-3-9(8-16)12-15-14-11-7-10(13)4-6-17(11)12/h4,6-7,9H,2-3,5,8,13H2,1H3. The SMILES string of the molecule is CCN1CCC(c2nnc3cc(N)ccn23)C1. The number of likely N-dealkylation sites (N-methyl/N-ethyl adjacent to an activating group) is 1. The second kappa shape index (κ2) is 4.00. The highest BCUT2D eigenvalue weighted by atomic mass is 15.3. The van der Waals surface area contributed by atoms with Crippen LogP contribution < -0.4 is 5.73 Å². The van der Waals surface area contributed by atoms with Gasteiger partial charge in [0.25, 0.3) is 0 Å². The van der Waals surface area contributed by atoms with Crippen LogP contribution in [0.3, 0.4) is 0 Å². The lowest BCUT2D eigenvalue weighted by Crippen LogP contribution is -2.19. The molecule has 1 aliphatic rings. The van der Waals surface area contributed by atoms with Crippen molar-refractivity contribution in [3.05, 3.63) is 24.2 Å². The van der Waals surface area contributed by atoms with Crippen molar-refractivity contribution in [2.45, 2.75) is 19.3 Å². The highest BCUT2D eigenvalue weighted by Crippen LogP contribution is 2.26. The fourth-order valence-corrected chi connectivity index (χ4v) is 2.53. The van der Waals surface area contributed by atoms with E-state index < -0.39 is 0 Å². The van der Waals surface area contributed by atoms with E-state index in [1.54, 1.807) is 0 Å². The Morgan fingerprint density at radius 3 is 3.12 bits per heavy atom. The maximum absolute atomic E-state index is 5.74. The van der Waals surface area contributed by atoms with Crippen LogP contribution in [-0.2, 0) is 0 Å². The normalized spacial score (nSPS) is 21.4. The quantitative estimate of drug-likeness (QED) is 0.841. The molecular weight excluding hydrogens is 214 g/mol. The lowest BCUT2D eigenvalue weighted by Gasteiger charge is -2.11. The summed E-state index contributed by atoms with van der Waals surface area (Å²) < 4.78 is 2.06. The zero-order valence-corrected chi connectivity index (χ0v) is 10.0. The highest BCUT2D eigenvalue weighted by Gasteiger charge is 2.26. The molecule has 0 bridgehead atoms. The molecular formula is C12H17N5. The number of aromatic nitrogens is 3. The maximum atomic E-state index is 5.74. The first kappa shape index (κ1) is 10.5. The minimum atomic E-state index is 0.494. The predicted molar refractivity (Wildman–Crippen MR) is 66.9 cm³/mol. The Balaban J connectivity index is 1.96. The topological polar surface area (TPSA) is 59.5 Å². The van der Waals surface area contributed by atoms with Crippen molar-refractivity contribution in [3.63, 3.8) is 0 Å². The smallest absolute Gasteiger partial charge is 0.162 e. The first-order chi connectivity index (χ1) is 8.28. The van der Waals surface area contributed by atoms with Crippen LogP contribution in [0.4, 0.5) is 5.69 Å². The van der Waals surface area contributed by atoms with Gasteiger partial charge in [0.2, 0.25) is 0 Å². The number of rotatable bonds is 2. The summed E-state index contributed by atoms with van der Waals surface area (Å²) >= 11 is 0. The average molecular weight is 231 g/mol. The van der Waals surface area contributed by atoms with Gasteiger partial charge in [0.05, 0.1) is 0 Å². The summed E-state index contributed by atoms with van der Waals surface area (Å²) in [6.45, 7) is 5.55. The number of anilines is 1. The molecule has 5 heteroatoms. The number of pyridine rings is 1. The zero-order chi connectivity index (χ0) is 11.8. The van der Waals surface area contributed by atoms with E-state index in [0.717, 1.165) is 36.8 Å². The summed E-state index contributed by atoms with van der Waals surface area (Å²) in [6, 6.07) is 3.76. The van der Waals surface area contributed by atoms with Crippen LogP contribution in [0.1, 0.15) is 25.1 Å². The second-order valence-electron chi connectivity index (χ2n) is 4.63. The van der Waals surface area contributed by atoms with E-state index in [2.05, 4.69) is 26.4 Å². The summed E-state index contributed by atoms with van der Waals surface area (Å²) in [7, 11) is 0. The second-order valence-corrected chi connectivity index (χ2v) is 4.63. The van der Waals surface area contributed by atoms with Gasteiger partial charge in [-0.25, -0.2) is 0 Å². The van der Waals surface area contributed by atoms with Gasteiger partial charge in [0.1, 0.15) is 5.82 Å². The Morgan fingerprint density at radius 1 is 1.47 bits per heavy atom. The molecule has 2 aromatic heterocycles. The van der Waals surface area contributed by atoms with E-state index in [1.165, 1.54) is 6.42 Å². The van der Waals surface area contributed by atoms with Gasteiger partial charge >= 0.3 is 0 Å². The van der Waals surface area contributed by atoms with Crippen LogP contribution >= 0.6 is 0 Å². The van der Waals surface area contributed by atoms with E-state index in [0.29, 0.717) is 5.92 Å². The molecule has 17 heavy (non-hydrogen) atoms. The first-order valence-corrected chi connectivity index (χ1v) is 6.10. The summed E-state index contributed by atoms with van der Waals surface area (Å²) in [5.41, 5.74) is 7.32. The summed E-state index contributed by atoms with van der Waals surface area (Å²) in [5, 5.41) is 8.51. The van der Waals surface area contributed by atoms with Gasteiger partial charge in [-0.2, -0.15) is 0 Å². The molecule has 0 spiro atoms. The van der Waals surface area contributed by atoms with Crippen molar-refractivity contribution in [2.75, 3.05) is 25.4 Å². The lowest BCUT2D eigenvalue weighted by molar-refractivity contribution is 0.352. The van der Waals surface area contributed by atoms with Crippen molar-refractivity contribution in [2.24, 2.45) is 0 Å². The van der Waals surface area contributed by atoms with Crippen molar-refractivity contribution >= 4 is 11.3 Å². The molecule has 5 nitrogen and oxygen atoms in total. The van der Waals surface area contributed by atoms with Crippen molar-refractivity contribution in [3.8, 4) is 0 Å². The monoisotopic (exact) mass is 231 g/mol. The van der Waals surface area contributed by atoms with Crippen molar-refractivity contribution in [1.29, 1.82) is 0 Å². The Morgan fingerprint density at radius 2 is 2.35 bits per heavy atom. The minimum Gasteiger partial charge on any atom is -0.399 e. The largest absolute Gasteiger partial charge is 0.399 e. The number of hydrogen-bond acceptors (Lipinski definition) is 4. The molecule has 3 rings (SSSR count). The Labute approximate surface area is 100 Å². The molecule has 2 aromatic rings. The minimum absolute atomic E-state index is 0.494. The number of nitrogen functional groups attached to an aromatic ring is 1. The molecule has 3 heterocycles. The van der Waals surface area contributed by atoms with E-state index in [-0.39, 0.29) is 0 Å². The van der Waals surface area contributed by atoms with E-state index in [9.17, 15) is 0 Å². The molecule has 0 aromatic carbocycles. The average Bonchev–Trinajstić information content (AvgIpc) is 2.93. The molecule has 1 fully saturated rings. The molecule has 0 saturated carbocycles. The number of hydrogen-bond donors (Lipinski definition) is 1. The molecule has 0 aliphatic carbocycles. The first-order valence-electron chi connectivity index (χ1n) is 6.10. The van der Waals surface area contributed by atoms with E-state index in [4.69, 9.17) is 5.73 Å². The summed E-state index contributed by atoms with van der Waals surface area (Å²) in [5.74, 6) is 1.56. The molecule has 90 valence electrons. The molecule has 1 unspecified atom stereocenters. The molecule has 2 N–H and O–H groups in total. The van der Waals surface area contributed by atoms with Crippen molar-refractivity contribution < 1.29 is 0 Å². The molecule has 0 radical (unpaired) electrons. The Kier molecular flexibility index (Phi) is 2.48. The van der Waals surface area contributed by atoms with Crippen LogP contribution in [0.15, 0.2) is 18.3 Å². The summed E-state index contributed by atoms with van der Waals surface area (Å²) in [4.78, 5) is 2.45. The third-order valence-corrected chi connectivity index (χ3v) is 3.55. The maximum Gasteiger partial charge on any atom is 0.162 e. The van der Waals surface area contributed by atoms with Gasteiger partial charge < -0.3 is 10.6 Å². The Hall–Kier alpha value is -1.62. The van der Waals surface area contributed by atoms with Crippen LogP contribution in [0.5, 0.6) is 0 Å². The third-order valence-electron chi connectivity index (χ3n) is 3.55. The molecule has 1 aliphatic heterocycles. The number of fused-ring (bicyclic) bond motifs is 1. The predicted octanol–water partition coefficient (Wildman–Crippen LogP) is 1.12. The molecule has 0 amide bonds. The third kappa shape index (κ3) is 1.76. The fourth-order valence-electron chi connectivity index (χ4n) is 2.53. The van der Waals surface area contributed by atoms with Gasteiger partial charge in [-0.05, 0) is 25.6 Å². The highest BCUT2D eigenvalue weighted by molar-refractivity contribution is 5.51. The van der Waals surface area contributed by atoms with Crippen LogP contribution in [0.25, 0.3) is 5.65 Å². The molecule has 1 atom stereocenters. The number of likely N-dealkylation sites (tertiary alicyclic amines) is 1. The van der Waals surface area contributed by atoms with Gasteiger partial charge in [0, 0.05) is 30.4 Å². The summed E-state index contributed by atoms with van der Waals surface area (Å²) in [6.07, 6.45) is 3.13. The van der Waals surface area contributed by atoms with Crippen LogP contribution in [-0.4, -0.2) is 39.1 Å². The van der Waals surface area contributed by atoms with Gasteiger partial charge in [-0.3, -0.25) is 4.40 Å². The Bertz CT molecular complexity index is 533. The van der Waals surface area contributed by atoms with Crippen molar-refractivity contribution in [1.82, 2.24) is 19.5 Å². The molecule has 1 saturated heterocycles. The van der Waals surface area contributed by atoms with E-state index >= 15 is 0 Å².